The van der Waals surface area contributed by atoms with Crippen molar-refractivity contribution in [3.05, 3.63) is 89.0 Å². The normalized spacial score (nSPS) is 17.3. The Morgan fingerprint density at radius 1 is 0.939 bits per heavy atom. The molecule has 3 aromatic carbocycles. The van der Waals surface area contributed by atoms with E-state index >= 15 is 0 Å². The summed E-state index contributed by atoms with van der Waals surface area (Å²) < 4.78 is 10.6. The fourth-order valence-electron chi connectivity index (χ4n) is 3.99. The second-order valence-electron chi connectivity index (χ2n) is 7.67. The maximum absolute atomic E-state index is 13.2. The van der Waals surface area contributed by atoms with Crippen molar-refractivity contribution in [2.75, 3.05) is 19.1 Å². The van der Waals surface area contributed by atoms with Gasteiger partial charge in [0.05, 0.1) is 31.4 Å². The first-order chi connectivity index (χ1) is 15.8. The number of phenols is 1. The number of aliphatic hydroxyl groups is 1. The number of nitrogens with zero attached hydrogens (tertiary/aromatic N) is 1. The standard InChI is InChI=1S/C26H23NO6/c1-15-5-4-6-17(13-15)27-23(16-7-9-18(28)10-8-16)22(25(30)26(27)31)24(29)20-12-11-19(32-2)14-21(20)33-3/h4-14,23,28-29H,1-3H3/b24-22-. The summed E-state index contributed by atoms with van der Waals surface area (Å²) in [4.78, 5) is 27.8. The number of aryl methyl sites for hydroxylation is 1. The van der Waals surface area contributed by atoms with E-state index in [4.69, 9.17) is 9.47 Å². The van der Waals surface area contributed by atoms with Gasteiger partial charge < -0.3 is 19.7 Å². The summed E-state index contributed by atoms with van der Waals surface area (Å²) in [5.41, 5.74) is 2.18. The molecular weight excluding hydrogens is 422 g/mol. The summed E-state index contributed by atoms with van der Waals surface area (Å²) in [6, 6.07) is 17.3. The summed E-state index contributed by atoms with van der Waals surface area (Å²) in [5, 5.41) is 21.1. The Hall–Kier alpha value is -4.26. The molecule has 7 heteroatoms. The summed E-state index contributed by atoms with van der Waals surface area (Å²) in [5.74, 6) is -1.08. The molecule has 1 unspecified atom stereocenters. The molecule has 1 heterocycles. The van der Waals surface area contributed by atoms with Crippen molar-refractivity contribution in [2.45, 2.75) is 13.0 Å². The number of anilines is 1. The van der Waals surface area contributed by atoms with Gasteiger partial charge in [0.2, 0.25) is 0 Å². The van der Waals surface area contributed by atoms with Crippen LogP contribution in [0.1, 0.15) is 22.7 Å². The van der Waals surface area contributed by atoms with Crippen LogP contribution < -0.4 is 14.4 Å². The van der Waals surface area contributed by atoms with Gasteiger partial charge in [-0.05, 0) is 54.4 Å². The molecule has 7 nitrogen and oxygen atoms in total. The molecule has 1 amide bonds. The number of rotatable bonds is 5. The van der Waals surface area contributed by atoms with Gasteiger partial charge in [0.1, 0.15) is 23.0 Å². The number of methoxy groups -OCH3 is 2. The van der Waals surface area contributed by atoms with Crippen molar-refractivity contribution in [1.82, 2.24) is 0 Å². The van der Waals surface area contributed by atoms with Crippen molar-refractivity contribution in [1.29, 1.82) is 0 Å². The van der Waals surface area contributed by atoms with Crippen LogP contribution in [0.25, 0.3) is 5.76 Å². The first-order valence-electron chi connectivity index (χ1n) is 10.2. The first-order valence-corrected chi connectivity index (χ1v) is 10.2. The number of aromatic hydroxyl groups is 1. The SMILES string of the molecule is COc1ccc(/C(O)=C2/C(=O)C(=O)N(c3cccc(C)c3)C2c2ccc(O)cc2)c(OC)c1. The van der Waals surface area contributed by atoms with Crippen LogP contribution in [0, 0.1) is 6.92 Å². The van der Waals surface area contributed by atoms with Gasteiger partial charge in [0, 0.05) is 11.8 Å². The molecule has 4 rings (SSSR count). The van der Waals surface area contributed by atoms with Gasteiger partial charge in [-0.15, -0.1) is 0 Å². The van der Waals surface area contributed by atoms with Crippen LogP contribution in [-0.2, 0) is 9.59 Å². The minimum absolute atomic E-state index is 0.0445. The van der Waals surface area contributed by atoms with Crippen molar-refractivity contribution in [3.63, 3.8) is 0 Å². The van der Waals surface area contributed by atoms with Gasteiger partial charge in [-0.2, -0.15) is 0 Å². The van der Waals surface area contributed by atoms with Crippen LogP contribution in [-0.4, -0.2) is 36.1 Å². The van der Waals surface area contributed by atoms with Crippen LogP contribution in [0.2, 0.25) is 0 Å². The lowest BCUT2D eigenvalue weighted by molar-refractivity contribution is -0.132. The average Bonchev–Trinajstić information content (AvgIpc) is 3.09. The van der Waals surface area contributed by atoms with Gasteiger partial charge in [0.25, 0.3) is 11.7 Å². The van der Waals surface area contributed by atoms with E-state index in [0.717, 1.165) is 5.56 Å². The number of benzene rings is 3. The number of hydrogen-bond acceptors (Lipinski definition) is 6. The Morgan fingerprint density at radius 2 is 1.67 bits per heavy atom. The molecular formula is C26H23NO6. The molecule has 1 saturated heterocycles. The number of ether oxygens (including phenoxy) is 2. The van der Waals surface area contributed by atoms with Gasteiger partial charge >= 0.3 is 0 Å². The quantitative estimate of drug-likeness (QED) is 0.345. The largest absolute Gasteiger partial charge is 0.508 e. The highest BCUT2D eigenvalue weighted by Crippen LogP contribution is 2.44. The lowest BCUT2D eigenvalue weighted by Crippen LogP contribution is -2.29. The Balaban J connectivity index is 1.97. The molecule has 168 valence electrons. The zero-order valence-electron chi connectivity index (χ0n) is 18.4. The molecule has 2 N–H and O–H groups in total. The maximum atomic E-state index is 13.2. The van der Waals surface area contributed by atoms with Crippen LogP contribution >= 0.6 is 0 Å². The number of Topliss-reactive ketones (excluding diaryl/α,β-unsaturated/α-hetero) is 1. The number of aliphatic hydroxyl groups excluding tert-OH is 1. The summed E-state index contributed by atoms with van der Waals surface area (Å²) >= 11 is 0. The van der Waals surface area contributed by atoms with Gasteiger partial charge in [-0.25, -0.2) is 0 Å². The molecule has 1 aliphatic rings. The Bertz CT molecular complexity index is 1260. The number of hydrogen-bond donors (Lipinski definition) is 2. The third-order valence-corrected chi connectivity index (χ3v) is 5.60. The van der Waals surface area contributed by atoms with E-state index in [1.165, 1.54) is 31.3 Å². The van der Waals surface area contributed by atoms with Crippen molar-refractivity contribution < 1.29 is 29.3 Å². The van der Waals surface area contributed by atoms with E-state index in [0.29, 0.717) is 17.0 Å². The predicted octanol–water partition coefficient (Wildman–Crippen LogP) is 4.34. The second kappa shape index (κ2) is 8.70. The highest BCUT2D eigenvalue weighted by Gasteiger charge is 2.47. The molecule has 1 aliphatic heterocycles. The van der Waals surface area contributed by atoms with Gasteiger partial charge in [0.15, 0.2) is 0 Å². The summed E-state index contributed by atoms with van der Waals surface area (Å²) in [6.07, 6.45) is 0. The lowest BCUT2D eigenvalue weighted by atomic mass is 9.94. The predicted molar refractivity (Wildman–Crippen MR) is 124 cm³/mol. The molecule has 0 radical (unpaired) electrons. The summed E-state index contributed by atoms with van der Waals surface area (Å²) in [7, 11) is 2.95. The monoisotopic (exact) mass is 445 g/mol. The van der Waals surface area contributed by atoms with Crippen LogP contribution in [0.4, 0.5) is 5.69 Å². The van der Waals surface area contributed by atoms with Crippen LogP contribution in [0.15, 0.2) is 72.3 Å². The molecule has 0 saturated carbocycles. The highest BCUT2D eigenvalue weighted by molar-refractivity contribution is 6.51. The van der Waals surface area contributed by atoms with E-state index in [9.17, 15) is 19.8 Å². The van der Waals surface area contributed by atoms with Crippen molar-refractivity contribution in [3.8, 4) is 17.2 Å². The van der Waals surface area contributed by atoms with Crippen LogP contribution in [0.3, 0.4) is 0 Å². The van der Waals surface area contributed by atoms with Gasteiger partial charge in [-0.1, -0.05) is 24.3 Å². The zero-order chi connectivity index (χ0) is 23.7. The molecule has 3 aromatic rings. The minimum Gasteiger partial charge on any atom is -0.508 e. The van der Waals surface area contributed by atoms with Crippen molar-refractivity contribution >= 4 is 23.1 Å². The Labute approximate surface area is 191 Å². The minimum atomic E-state index is -0.904. The molecule has 0 aliphatic carbocycles. The Kier molecular flexibility index (Phi) is 5.79. The van der Waals surface area contributed by atoms with E-state index in [-0.39, 0.29) is 28.4 Å². The number of ketones is 1. The van der Waals surface area contributed by atoms with E-state index in [1.807, 2.05) is 13.0 Å². The first kappa shape index (κ1) is 22.0. The Morgan fingerprint density at radius 3 is 2.30 bits per heavy atom. The maximum Gasteiger partial charge on any atom is 0.300 e. The fraction of sp³-hybridized carbons (Fsp3) is 0.154. The number of amides is 1. The molecule has 0 bridgehead atoms. The van der Waals surface area contributed by atoms with Crippen molar-refractivity contribution in [2.24, 2.45) is 0 Å². The fourth-order valence-corrected chi connectivity index (χ4v) is 3.99. The summed E-state index contributed by atoms with van der Waals surface area (Å²) in [6.45, 7) is 1.89. The van der Waals surface area contributed by atoms with Gasteiger partial charge in [-0.3, -0.25) is 14.5 Å². The highest BCUT2D eigenvalue weighted by atomic mass is 16.5. The third-order valence-electron chi connectivity index (χ3n) is 5.60. The van der Waals surface area contributed by atoms with E-state index in [1.54, 1.807) is 48.5 Å². The van der Waals surface area contributed by atoms with Crippen LogP contribution in [0.5, 0.6) is 17.2 Å². The molecule has 1 fully saturated rings. The molecule has 1 atom stereocenters. The number of carbonyl (C=O) groups excluding carboxylic acids is 2. The molecule has 33 heavy (non-hydrogen) atoms. The zero-order valence-corrected chi connectivity index (χ0v) is 18.4. The number of carbonyl (C=O) groups is 2. The third kappa shape index (κ3) is 3.89. The van der Waals surface area contributed by atoms with E-state index < -0.39 is 17.7 Å². The van der Waals surface area contributed by atoms with E-state index in [2.05, 4.69) is 0 Å². The second-order valence-corrected chi connectivity index (χ2v) is 7.67. The number of phenolic OH excluding ortho intramolecular Hbond substituents is 1. The smallest absolute Gasteiger partial charge is 0.300 e. The molecule has 0 aromatic heterocycles. The topological polar surface area (TPSA) is 96.3 Å². The molecule has 0 spiro atoms. The average molecular weight is 445 g/mol. The lowest BCUT2D eigenvalue weighted by Gasteiger charge is -2.26.